The summed E-state index contributed by atoms with van der Waals surface area (Å²) in [5.74, 6) is -1.95. The molecule has 1 aliphatic carbocycles. The van der Waals surface area contributed by atoms with Crippen molar-refractivity contribution < 1.29 is 13.6 Å². The van der Waals surface area contributed by atoms with E-state index in [9.17, 15) is 13.6 Å². The number of nitrogens with one attached hydrogen (secondary N) is 2. The summed E-state index contributed by atoms with van der Waals surface area (Å²) in [6.45, 7) is 0. The first kappa shape index (κ1) is 14.0. The second-order valence-corrected chi connectivity index (χ2v) is 5.73. The molecule has 1 saturated carbocycles. The lowest BCUT2D eigenvalue weighted by atomic mass is 10.2. The fourth-order valence-electron chi connectivity index (χ4n) is 2.02. The van der Waals surface area contributed by atoms with Gasteiger partial charge in [-0.2, -0.15) is 5.10 Å². The number of amides is 1. The number of halogens is 3. The Morgan fingerprint density at radius 3 is 2.76 bits per heavy atom. The quantitative estimate of drug-likeness (QED) is 0.738. The Balaban J connectivity index is 1.85. The van der Waals surface area contributed by atoms with Crippen molar-refractivity contribution in [3.05, 3.63) is 39.6 Å². The molecule has 8 heteroatoms. The lowest BCUT2D eigenvalue weighted by Gasteiger charge is -2.06. The Morgan fingerprint density at radius 2 is 2.10 bits per heavy atom. The summed E-state index contributed by atoms with van der Waals surface area (Å²) >= 11 is 2.93. The number of H-pyrrole nitrogens is 1. The van der Waals surface area contributed by atoms with E-state index in [1.54, 1.807) is 0 Å². The van der Waals surface area contributed by atoms with Gasteiger partial charge in [-0.1, -0.05) is 0 Å². The first-order chi connectivity index (χ1) is 9.97. The number of aromatic nitrogens is 2. The van der Waals surface area contributed by atoms with Gasteiger partial charge in [0, 0.05) is 12.0 Å². The minimum absolute atomic E-state index is 0.0109. The molecule has 1 aromatic heterocycles. The van der Waals surface area contributed by atoms with Gasteiger partial charge in [-0.05, 0) is 34.8 Å². The summed E-state index contributed by atoms with van der Waals surface area (Å²) in [4.78, 5) is 12.1. The maximum absolute atomic E-state index is 13.6. The zero-order valence-electron chi connectivity index (χ0n) is 10.7. The third kappa shape index (κ3) is 2.63. The number of nitrogen functional groups attached to an aromatic ring is 1. The van der Waals surface area contributed by atoms with Crippen LogP contribution in [0.5, 0.6) is 0 Å². The Bertz CT molecular complexity index is 727. The van der Waals surface area contributed by atoms with Gasteiger partial charge >= 0.3 is 0 Å². The SMILES string of the molecule is Nc1c(C(=O)Nc2cc(Br)c(F)cc2F)n[nH]c1C1CC1. The predicted octanol–water partition coefficient (Wildman–Crippen LogP) is 3.16. The monoisotopic (exact) mass is 356 g/mol. The van der Waals surface area contributed by atoms with Gasteiger partial charge in [0.1, 0.15) is 11.6 Å². The molecule has 5 nitrogen and oxygen atoms in total. The van der Waals surface area contributed by atoms with Gasteiger partial charge in [0.15, 0.2) is 5.69 Å². The van der Waals surface area contributed by atoms with Crippen LogP contribution in [0.4, 0.5) is 20.2 Å². The minimum atomic E-state index is -0.874. The summed E-state index contributed by atoms with van der Waals surface area (Å²) in [5, 5.41) is 8.95. The molecule has 1 fully saturated rings. The molecule has 4 N–H and O–H groups in total. The van der Waals surface area contributed by atoms with Crippen LogP contribution >= 0.6 is 15.9 Å². The van der Waals surface area contributed by atoms with E-state index >= 15 is 0 Å². The molecule has 21 heavy (non-hydrogen) atoms. The molecule has 0 aliphatic heterocycles. The van der Waals surface area contributed by atoms with Crippen LogP contribution in [-0.2, 0) is 0 Å². The summed E-state index contributed by atoms with van der Waals surface area (Å²) in [5.41, 5.74) is 6.75. The molecule has 1 amide bonds. The van der Waals surface area contributed by atoms with E-state index in [0.29, 0.717) is 12.0 Å². The second-order valence-electron chi connectivity index (χ2n) is 4.87. The summed E-state index contributed by atoms with van der Waals surface area (Å²) in [6, 6.07) is 1.83. The fraction of sp³-hybridized carbons (Fsp3) is 0.231. The maximum atomic E-state index is 13.6. The van der Waals surface area contributed by atoms with Crippen molar-refractivity contribution in [2.75, 3.05) is 11.1 Å². The Labute approximate surface area is 127 Å². The van der Waals surface area contributed by atoms with Gasteiger partial charge in [0.2, 0.25) is 0 Å². The fourth-order valence-corrected chi connectivity index (χ4v) is 2.36. The molecule has 0 radical (unpaired) electrons. The van der Waals surface area contributed by atoms with Gasteiger partial charge in [-0.25, -0.2) is 8.78 Å². The third-order valence-electron chi connectivity index (χ3n) is 3.29. The topological polar surface area (TPSA) is 83.8 Å². The highest BCUT2D eigenvalue weighted by molar-refractivity contribution is 9.10. The van der Waals surface area contributed by atoms with Crippen LogP contribution < -0.4 is 11.1 Å². The van der Waals surface area contributed by atoms with Crippen LogP contribution in [0.15, 0.2) is 16.6 Å². The third-order valence-corrected chi connectivity index (χ3v) is 3.90. The number of carbonyl (C=O) groups is 1. The summed E-state index contributed by atoms with van der Waals surface area (Å²) < 4.78 is 26.8. The zero-order valence-corrected chi connectivity index (χ0v) is 12.3. The lowest BCUT2D eigenvalue weighted by molar-refractivity contribution is 0.102. The number of benzene rings is 1. The van der Waals surface area contributed by atoms with Gasteiger partial charge in [-0.15, -0.1) is 0 Å². The van der Waals surface area contributed by atoms with E-state index in [1.807, 2.05) is 0 Å². The van der Waals surface area contributed by atoms with Crippen LogP contribution in [-0.4, -0.2) is 16.1 Å². The molecule has 3 rings (SSSR count). The number of carbonyl (C=O) groups excluding carboxylic acids is 1. The molecule has 0 spiro atoms. The smallest absolute Gasteiger partial charge is 0.278 e. The molecule has 0 unspecified atom stereocenters. The van der Waals surface area contributed by atoms with E-state index in [-0.39, 0.29) is 21.5 Å². The van der Waals surface area contributed by atoms with Crippen molar-refractivity contribution in [1.29, 1.82) is 0 Å². The average molecular weight is 357 g/mol. The number of aromatic amines is 1. The number of rotatable bonds is 3. The van der Waals surface area contributed by atoms with E-state index in [2.05, 4.69) is 31.4 Å². The average Bonchev–Trinajstić information content (AvgIpc) is 3.19. The minimum Gasteiger partial charge on any atom is -0.395 e. The highest BCUT2D eigenvalue weighted by Crippen LogP contribution is 2.42. The van der Waals surface area contributed by atoms with Crippen LogP contribution in [0.2, 0.25) is 0 Å². The largest absolute Gasteiger partial charge is 0.395 e. The summed E-state index contributed by atoms with van der Waals surface area (Å²) in [6.07, 6.45) is 2.01. The van der Waals surface area contributed by atoms with Crippen molar-refractivity contribution in [2.24, 2.45) is 0 Å². The molecule has 1 aliphatic rings. The van der Waals surface area contributed by atoms with Crippen LogP contribution in [0.1, 0.15) is 34.9 Å². The molecular formula is C13H11BrF2N4O. The standard InChI is InChI=1S/C13H11BrF2N4O/c14-6-3-9(8(16)4-7(6)15)18-13(21)12-10(17)11(19-20-12)5-1-2-5/h3-5H,1-2,17H2,(H,18,21)(H,19,20). The molecule has 110 valence electrons. The van der Waals surface area contributed by atoms with Crippen molar-refractivity contribution in [2.45, 2.75) is 18.8 Å². The highest BCUT2D eigenvalue weighted by Gasteiger charge is 2.30. The maximum Gasteiger partial charge on any atom is 0.278 e. The van der Waals surface area contributed by atoms with Crippen LogP contribution in [0.25, 0.3) is 0 Å². The van der Waals surface area contributed by atoms with Gasteiger partial charge in [0.05, 0.1) is 21.5 Å². The van der Waals surface area contributed by atoms with Crippen LogP contribution in [0, 0.1) is 11.6 Å². The molecule has 1 aromatic carbocycles. The number of nitrogens with two attached hydrogens (primary N) is 1. The molecule has 0 bridgehead atoms. The zero-order chi connectivity index (χ0) is 15.1. The van der Waals surface area contributed by atoms with E-state index in [1.165, 1.54) is 0 Å². The Kier molecular flexibility index (Phi) is 3.40. The van der Waals surface area contributed by atoms with Gasteiger partial charge in [0.25, 0.3) is 5.91 Å². The lowest BCUT2D eigenvalue weighted by Crippen LogP contribution is -2.15. The van der Waals surface area contributed by atoms with E-state index in [0.717, 1.165) is 24.6 Å². The molecular weight excluding hydrogens is 346 g/mol. The molecule has 0 atom stereocenters. The first-order valence-electron chi connectivity index (χ1n) is 6.27. The first-order valence-corrected chi connectivity index (χ1v) is 7.06. The van der Waals surface area contributed by atoms with Crippen LogP contribution in [0.3, 0.4) is 0 Å². The normalized spacial score (nSPS) is 14.2. The molecule has 0 saturated heterocycles. The summed E-state index contributed by atoms with van der Waals surface area (Å²) in [7, 11) is 0. The molecule has 1 heterocycles. The highest BCUT2D eigenvalue weighted by atomic mass is 79.9. The van der Waals surface area contributed by atoms with Crippen molar-refractivity contribution in [3.63, 3.8) is 0 Å². The Hall–Kier alpha value is -1.96. The number of hydrogen-bond donors (Lipinski definition) is 3. The van der Waals surface area contributed by atoms with Crippen molar-refractivity contribution in [1.82, 2.24) is 10.2 Å². The molecule has 2 aromatic rings. The number of anilines is 2. The van der Waals surface area contributed by atoms with E-state index in [4.69, 9.17) is 5.73 Å². The second kappa shape index (κ2) is 5.10. The Morgan fingerprint density at radius 1 is 1.38 bits per heavy atom. The van der Waals surface area contributed by atoms with Gasteiger partial charge in [-0.3, -0.25) is 9.89 Å². The van der Waals surface area contributed by atoms with Gasteiger partial charge < -0.3 is 11.1 Å². The van der Waals surface area contributed by atoms with Crippen molar-refractivity contribution >= 4 is 33.2 Å². The number of hydrogen-bond acceptors (Lipinski definition) is 3. The number of nitrogens with zero attached hydrogens (tertiary/aromatic N) is 1. The predicted molar refractivity (Wildman–Crippen MR) is 77.0 cm³/mol. The van der Waals surface area contributed by atoms with E-state index < -0.39 is 17.5 Å². The van der Waals surface area contributed by atoms with Crippen molar-refractivity contribution in [3.8, 4) is 0 Å².